The molecule has 1 aliphatic heterocycles. The Labute approximate surface area is 161 Å². The Bertz CT molecular complexity index is 1090. The SMILES string of the molecule is O=C(c1cccs1)N1CCC[C@@H]1c1nc2cc(-c3ccccc3)ccc2o1. The van der Waals surface area contributed by atoms with E-state index >= 15 is 0 Å². The molecule has 2 aromatic heterocycles. The summed E-state index contributed by atoms with van der Waals surface area (Å²) in [5, 5.41) is 1.93. The van der Waals surface area contributed by atoms with Crippen LogP contribution in [0, 0.1) is 0 Å². The van der Waals surface area contributed by atoms with Gasteiger partial charge in [-0.3, -0.25) is 4.79 Å². The highest BCUT2D eigenvalue weighted by Crippen LogP contribution is 2.35. The number of carbonyl (C=O) groups is 1. The number of hydrogen-bond acceptors (Lipinski definition) is 4. The Morgan fingerprint density at radius 1 is 1.07 bits per heavy atom. The zero-order valence-electron chi connectivity index (χ0n) is 14.7. The Kier molecular flexibility index (Phi) is 4.02. The predicted molar refractivity (Wildman–Crippen MR) is 107 cm³/mol. The van der Waals surface area contributed by atoms with Crippen molar-refractivity contribution in [2.45, 2.75) is 18.9 Å². The summed E-state index contributed by atoms with van der Waals surface area (Å²) >= 11 is 1.48. The van der Waals surface area contributed by atoms with E-state index in [0.717, 1.165) is 46.5 Å². The minimum absolute atomic E-state index is 0.0692. The van der Waals surface area contributed by atoms with E-state index < -0.39 is 0 Å². The normalized spacial score (nSPS) is 16.9. The minimum Gasteiger partial charge on any atom is -0.438 e. The smallest absolute Gasteiger partial charge is 0.264 e. The van der Waals surface area contributed by atoms with E-state index in [1.54, 1.807) is 0 Å². The quantitative estimate of drug-likeness (QED) is 0.473. The standard InChI is InChI=1S/C22H18N2O2S/c25-22(20-9-5-13-27-20)24-12-4-8-18(24)21-23-17-14-16(10-11-19(17)26-21)15-6-2-1-3-7-15/h1-3,5-7,9-11,13-14,18H,4,8,12H2/t18-/m1/s1. The van der Waals surface area contributed by atoms with E-state index in [0.29, 0.717) is 5.89 Å². The minimum atomic E-state index is -0.0906. The lowest BCUT2D eigenvalue weighted by Gasteiger charge is -2.21. The van der Waals surface area contributed by atoms with Crippen molar-refractivity contribution >= 4 is 28.3 Å². The predicted octanol–water partition coefficient (Wildman–Crippen LogP) is 5.53. The Morgan fingerprint density at radius 3 is 2.78 bits per heavy atom. The first-order valence-corrected chi connectivity index (χ1v) is 9.98. The molecule has 5 heteroatoms. The second-order valence-corrected chi connectivity index (χ2v) is 7.68. The third kappa shape index (κ3) is 2.94. The lowest BCUT2D eigenvalue weighted by molar-refractivity contribution is 0.0722. The zero-order chi connectivity index (χ0) is 18.2. The maximum absolute atomic E-state index is 12.8. The van der Waals surface area contributed by atoms with Crippen molar-refractivity contribution in [2.75, 3.05) is 6.54 Å². The molecule has 1 atom stereocenters. The average Bonchev–Trinajstić information content (AvgIpc) is 3.47. The van der Waals surface area contributed by atoms with Crippen LogP contribution in [-0.2, 0) is 0 Å². The largest absolute Gasteiger partial charge is 0.438 e. The number of benzene rings is 2. The molecular weight excluding hydrogens is 356 g/mol. The van der Waals surface area contributed by atoms with Crippen molar-refractivity contribution < 1.29 is 9.21 Å². The molecular formula is C22H18N2O2S. The number of likely N-dealkylation sites (tertiary alicyclic amines) is 1. The van der Waals surface area contributed by atoms with Crippen LogP contribution in [0.25, 0.3) is 22.2 Å². The van der Waals surface area contributed by atoms with E-state index in [2.05, 4.69) is 24.3 Å². The molecule has 1 saturated heterocycles. The van der Waals surface area contributed by atoms with Crippen LogP contribution in [0.3, 0.4) is 0 Å². The topological polar surface area (TPSA) is 46.3 Å². The summed E-state index contributed by atoms with van der Waals surface area (Å²) in [7, 11) is 0. The van der Waals surface area contributed by atoms with E-state index in [4.69, 9.17) is 9.40 Å². The number of carbonyl (C=O) groups excluding carboxylic acids is 1. The van der Waals surface area contributed by atoms with Gasteiger partial charge in [-0.05, 0) is 47.5 Å². The summed E-state index contributed by atoms with van der Waals surface area (Å²) in [5.74, 6) is 0.706. The molecule has 1 fully saturated rings. The van der Waals surface area contributed by atoms with E-state index in [1.165, 1.54) is 11.3 Å². The van der Waals surface area contributed by atoms with Crippen molar-refractivity contribution in [3.63, 3.8) is 0 Å². The maximum Gasteiger partial charge on any atom is 0.264 e. The summed E-state index contributed by atoms with van der Waals surface area (Å²) in [6, 6.07) is 20.0. The molecule has 0 aliphatic carbocycles. The highest BCUT2D eigenvalue weighted by atomic mass is 32.1. The van der Waals surface area contributed by atoms with Gasteiger partial charge >= 0.3 is 0 Å². The average molecular weight is 374 g/mol. The fraction of sp³-hybridized carbons (Fsp3) is 0.182. The molecule has 4 nitrogen and oxygen atoms in total. The molecule has 4 aromatic rings. The molecule has 3 heterocycles. The van der Waals surface area contributed by atoms with Gasteiger partial charge in [-0.2, -0.15) is 0 Å². The van der Waals surface area contributed by atoms with Gasteiger partial charge in [0, 0.05) is 6.54 Å². The first-order valence-electron chi connectivity index (χ1n) is 9.10. The van der Waals surface area contributed by atoms with Crippen LogP contribution in [-0.4, -0.2) is 22.3 Å². The molecule has 27 heavy (non-hydrogen) atoms. The Morgan fingerprint density at radius 2 is 1.96 bits per heavy atom. The molecule has 0 bridgehead atoms. The number of amides is 1. The first-order chi connectivity index (χ1) is 13.3. The van der Waals surface area contributed by atoms with Crippen molar-refractivity contribution in [1.29, 1.82) is 0 Å². The van der Waals surface area contributed by atoms with Gasteiger partial charge in [0.05, 0.1) is 4.88 Å². The number of thiophene rings is 1. The summed E-state index contributed by atoms with van der Waals surface area (Å²) < 4.78 is 6.04. The highest BCUT2D eigenvalue weighted by Gasteiger charge is 2.34. The molecule has 5 rings (SSSR count). The number of fused-ring (bicyclic) bond motifs is 1. The fourth-order valence-electron chi connectivity index (χ4n) is 3.71. The number of hydrogen-bond donors (Lipinski definition) is 0. The van der Waals surface area contributed by atoms with Crippen molar-refractivity contribution in [3.05, 3.63) is 76.8 Å². The van der Waals surface area contributed by atoms with Gasteiger partial charge in [0.15, 0.2) is 5.58 Å². The van der Waals surface area contributed by atoms with E-state index in [1.807, 2.05) is 46.7 Å². The maximum atomic E-state index is 12.8. The van der Waals surface area contributed by atoms with Crippen LogP contribution in [0.4, 0.5) is 0 Å². The molecule has 0 unspecified atom stereocenters. The zero-order valence-corrected chi connectivity index (χ0v) is 15.5. The number of oxazole rings is 1. The molecule has 1 amide bonds. The summed E-state index contributed by atoms with van der Waals surface area (Å²) in [4.78, 5) is 20.2. The van der Waals surface area contributed by atoms with Gasteiger partial charge in [-0.1, -0.05) is 42.5 Å². The summed E-state index contributed by atoms with van der Waals surface area (Å²) in [5.41, 5.74) is 3.86. The van der Waals surface area contributed by atoms with Gasteiger partial charge in [-0.25, -0.2) is 4.98 Å². The summed E-state index contributed by atoms with van der Waals surface area (Å²) in [6.07, 6.45) is 1.85. The Hall–Kier alpha value is -2.92. The fourth-order valence-corrected chi connectivity index (χ4v) is 4.39. The second-order valence-electron chi connectivity index (χ2n) is 6.73. The second kappa shape index (κ2) is 6.67. The van der Waals surface area contributed by atoms with Crippen molar-refractivity contribution in [3.8, 4) is 11.1 Å². The molecule has 0 saturated carbocycles. The molecule has 0 radical (unpaired) electrons. The molecule has 1 aliphatic rings. The van der Waals surface area contributed by atoms with Gasteiger partial charge < -0.3 is 9.32 Å². The lowest BCUT2D eigenvalue weighted by Crippen LogP contribution is -2.30. The molecule has 0 spiro atoms. The Balaban J connectivity index is 1.48. The van der Waals surface area contributed by atoms with Crippen LogP contribution in [0.5, 0.6) is 0 Å². The van der Waals surface area contributed by atoms with Crippen LogP contribution in [0.1, 0.15) is 34.4 Å². The third-order valence-corrected chi connectivity index (χ3v) is 5.90. The van der Waals surface area contributed by atoms with Crippen LogP contribution < -0.4 is 0 Å². The lowest BCUT2D eigenvalue weighted by atomic mass is 10.1. The number of nitrogens with zero attached hydrogens (tertiary/aromatic N) is 2. The van der Waals surface area contributed by atoms with Crippen LogP contribution in [0.2, 0.25) is 0 Å². The summed E-state index contributed by atoms with van der Waals surface area (Å²) in [6.45, 7) is 0.745. The molecule has 2 aromatic carbocycles. The van der Waals surface area contributed by atoms with Gasteiger partial charge in [0.2, 0.25) is 5.89 Å². The van der Waals surface area contributed by atoms with Gasteiger partial charge in [0.25, 0.3) is 5.91 Å². The van der Waals surface area contributed by atoms with Crippen LogP contribution >= 0.6 is 11.3 Å². The third-order valence-electron chi connectivity index (χ3n) is 5.04. The van der Waals surface area contributed by atoms with Crippen molar-refractivity contribution in [1.82, 2.24) is 9.88 Å². The van der Waals surface area contributed by atoms with Crippen molar-refractivity contribution in [2.24, 2.45) is 0 Å². The monoisotopic (exact) mass is 374 g/mol. The molecule has 0 N–H and O–H groups in total. The molecule has 134 valence electrons. The first kappa shape index (κ1) is 16.3. The van der Waals surface area contributed by atoms with E-state index in [9.17, 15) is 4.79 Å². The highest BCUT2D eigenvalue weighted by molar-refractivity contribution is 7.12. The number of aromatic nitrogens is 1. The van der Waals surface area contributed by atoms with Gasteiger partial charge in [-0.15, -0.1) is 11.3 Å². The van der Waals surface area contributed by atoms with E-state index in [-0.39, 0.29) is 11.9 Å². The van der Waals surface area contributed by atoms with Crippen LogP contribution in [0.15, 0.2) is 70.5 Å². The van der Waals surface area contributed by atoms with Gasteiger partial charge in [0.1, 0.15) is 11.6 Å². The number of rotatable bonds is 3.